The van der Waals surface area contributed by atoms with Gasteiger partial charge in [-0.15, -0.1) is 22.9 Å². The van der Waals surface area contributed by atoms with Gasteiger partial charge in [0.1, 0.15) is 5.00 Å². The van der Waals surface area contributed by atoms with Gasteiger partial charge in [-0.1, -0.05) is 6.92 Å². The Labute approximate surface area is 128 Å². The van der Waals surface area contributed by atoms with Crippen LogP contribution in [0.3, 0.4) is 0 Å². The molecule has 6 heteroatoms. The number of aryl methyl sites for hydroxylation is 1. The fourth-order valence-electron chi connectivity index (χ4n) is 1.64. The standard InChI is InChI=1S/C14H20ClNO3S/c1-3-10-9-11(14(18)19-4-2)13(20-10)16-12(17)7-5-6-8-15/h9H,3-8H2,1-2H3,(H,16,17). The first-order valence-electron chi connectivity index (χ1n) is 6.78. The third-order valence-corrected chi connectivity index (χ3v) is 4.13. The first-order valence-corrected chi connectivity index (χ1v) is 8.13. The van der Waals surface area contributed by atoms with Crippen LogP contribution in [0.4, 0.5) is 5.00 Å². The van der Waals surface area contributed by atoms with Crippen LogP contribution >= 0.6 is 22.9 Å². The Bertz CT molecular complexity index is 459. The third kappa shape index (κ3) is 5.13. The Balaban J connectivity index is 2.74. The minimum atomic E-state index is -0.389. The number of rotatable bonds is 8. The summed E-state index contributed by atoms with van der Waals surface area (Å²) in [7, 11) is 0. The lowest BCUT2D eigenvalue weighted by molar-refractivity contribution is -0.116. The number of halogens is 1. The van der Waals surface area contributed by atoms with Crippen molar-refractivity contribution in [2.75, 3.05) is 17.8 Å². The van der Waals surface area contributed by atoms with Gasteiger partial charge < -0.3 is 10.1 Å². The number of carbonyl (C=O) groups is 2. The SMILES string of the molecule is CCOC(=O)c1cc(CC)sc1NC(=O)CCCCCl. The predicted octanol–water partition coefficient (Wildman–Crippen LogP) is 3.83. The van der Waals surface area contributed by atoms with Gasteiger partial charge in [0.05, 0.1) is 12.2 Å². The maximum atomic E-state index is 11.9. The summed E-state index contributed by atoms with van der Waals surface area (Å²) in [6.45, 7) is 4.08. The number of anilines is 1. The number of unbranched alkanes of at least 4 members (excludes halogenated alkanes) is 1. The molecule has 0 fully saturated rings. The van der Waals surface area contributed by atoms with Gasteiger partial charge in [0.25, 0.3) is 0 Å². The fraction of sp³-hybridized carbons (Fsp3) is 0.571. The lowest BCUT2D eigenvalue weighted by atomic mass is 10.2. The minimum absolute atomic E-state index is 0.0924. The molecule has 112 valence electrons. The summed E-state index contributed by atoms with van der Waals surface area (Å²) < 4.78 is 5.01. The van der Waals surface area contributed by atoms with Crippen molar-refractivity contribution in [2.45, 2.75) is 39.5 Å². The van der Waals surface area contributed by atoms with Gasteiger partial charge in [-0.05, 0) is 32.3 Å². The van der Waals surface area contributed by atoms with Crippen LogP contribution in [-0.2, 0) is 16.0 Å². The van der Waals surface area contributed by atoms with E-state index in [1.165, 1.54) is 11.3 Å². The first-order chi connectivity index (χ1) is 9.62. The Morgan fingerprint density at radius 2 is 2.10 bits per heavy atom. The largest absolute Gasteiger partial charge is 0.462 e. The Hall–Kier alpha value is -1.07. The zero-order valence-electron chi connectivity index (χ0n) is 11.8. The molecule has 0 bridgehead atoms. The van der Waals surface area contributed by atoms with Gasteiger partial charge >= 0.3 is 5.97 Å². The van der Waals surface area contributed by atoms with Gasteiger partial charge in [0.2, 0.25) is 5.91 Å². The number of thiophene rings is 1. The molecule has 0 aliphatic heterocycles. The highest BCUT2D eigenvalue weighted by Crippen LogP contribution is 2.29. The maximum absolute atomic E-state index is 11.9. The van der Waals surface area contributed by atoms with E-state index in [1.807, 2.05) is 6.92 Å². The van der Waals surface area contributed by atoms with Crippen LogP contribution in [0.15, 0.2) is 6.07 Å². The summed E-state index contributed by atoms with van der Waals surface area (Å²) in [4.78, 5) is 24.7. The number of nitrogens with one attached hydrogen (secondary N) is 1. The third-order valence-electron chi connectivity index (χ3n) is 2.67. The molecule has 4 nitrogen and oxygen atoms in total. The molecule has 20 heavy (non-hydrogen) atoms. The average molecular weight is 318 g/mol. The molecule has 1 aromatic heterocycles. The molecule has 0 unspecified atom stereocenters. The van der Waals surface area contributed by atoms with Crippen molar-refractivity contribution in [1.29, 1.82) is 0 Å². The molecule has 1 rings (SSSR count). The molecule has 0 spiro atoms. The van der Waals surface area contributed by atoms with E-state index in [2.05, 4.69) is 5.32 Å². The lowest BCUT2D eigenvalue weighted by Gasteiger charge is -2.05. The van der Waals surface area contributed by atoms with Crippen molar-refractivity contribution in [1.82, 2.24) is 0 Å². The van der Waals surface area contributed by atoms with Crippen LogP contribution in [0.5, 0.6) is 0 Å². The van der Waals surface area contributed by atoms with E-state index in [0.29, 0.717) is 29.5 Å². The number of hydrogen-bond acceptors (Lipinski definition) is 4. The second kappa shape index (κ2) is 8.97. The highest BCUT2D eigenvalue weighted by atomic mass is 35.5. The summed E-state index contributed by atoms with van der Waals surface area (Å²) in [6, 6.07) is 1.79. The summed E-state index contributed by atoms with van der Waals surface area (Å²) in [6.07, 6.45) is 2.79. The van der Waals surface area contributed by atoms with Gasteiger partial charge in [0.15, 0.2) is 0 Å². The fourth-order valence-corrected chi connectivity index (χ4v) is 2.83. The number of alkyl halides is 1. The van der Waals surface area contributed by atoms with Crippen molar-refractivity contribution in [3.8, 4) is 0 Å². The first kappa shape index (κ1) is 17.0. The number of carbonyl (C=O) groups excluding carboxylic acids is 2. The van der Waals surface area contributed by atoms with Crippen molar-refractivity contribution in [3.05, 3.63) is 16.5 Å². The van der Waals surface area contributed by atoms with Crippen LogP contribution in [0.1, 0.15) is 48.3 Å². The van der Waals surface area contributed by atoms with Crippen LogP contribution in [-0.4, -0.2) is 24.4 Å². The highest BCUT2D eigenvalue weighted by Gasteiger charge is 2.18. The average Bonchev–Trinajstić information content (AvgIpc) is 2.82. The molecular formula is C14H20ClNO3S. The maximum Gasteiger partial charge on any atom is 0.341 e. The number of hydrogen-bond donors (Lipinski definition) is 1. The van der Waals surface area contributed by atoms with Crippen LogP contribution in [0.2, 0.25) is 0 Å². The van der Waals surface area contributed by atoms with E-state index in [4.69, 9.17) is 16.3 Å². The molecule has 0 aliphatic carbocycles. The van der Waals surface area contributed by atoms with Gasteiger partial charge in [-0.3, -0.25) is 4.79 Å². The Morgan fingerprint density at radius 3 is 2.70 bits per heavy atom. The van der Waals surface area contributed by atoms with E-state index in [-0.39, 0.29) is 11.9 Å². The normalized spacial score (nSPS) is 10.3. The molecule has 0 saturated heterocycles. The smallest absolute Gasteiger partial charge is 0.341 e. The quantitative estimate of drug-likeness (QED) is 0.450. The minimum Gasteiger partial charge on any atom is -0.462 e. The Morgan fingerprint density at radius 1 is 1.35 bits per heavy atom. The lowest BCUT2D eigenvalue weighted by Crippen LogP contribution is -2.13. The second-order valence-electron chi connectivity index (χ2n) is 4.22. The van der Waals surface area contributed by atoms with Gasteiger partial charge in [0, 0.05) is 17.2 Å². The van der Waals surface area contributed by atoms with Crippen molar-refractivity contribution < 1.29 is 14.3 Å². The molecule has 0 aliphatic rings. The molecule has 1 N–H and O–H groups in total. The van der Waals surface area contributed by atoms with Gasteiger partial charge in [-0.2, -0.15) is 0 Å². The number of ether oxygens (including phenoxy) is 1. The van der Waals surface area contributed by atoms with E-state index < -0.39 is 0 Å². The topological polar surface area (TPSA) is 55.4 Å². The summed E-state index contributed by atoms with van der Waals surface area (Å²) in [5.41, 5.74) is 0.444. The molecule has 0 radical (unpaired) electrons. The zero-order valence-corrected chi connectivity index (χ0v) is 13.4. The highest BCUT2D eigenvalue weighted by molar-refractivity contribution is 7.16. The van der Waals surface area contributed by atoms with Crippen molar-refractivity contribution in [3.63, 3.8) is 0 Å². The van der Waals surface area contributed by atoms with Crippen molar-refractivity contribution >= 4 is 39.8 Å². The van der Waals surface area contributed by atoms with Crippen molar-refractivity contribution in [2.24, 2.45) is 0 Å². The molecular weight excluding hydrogens is 298 g/mol. The van der Waals surface area contributed by atoms with E-state index in [0.717, 1.165) is 24.1 Å². The molecule has 1 heterocycles. The second-order valence-corrected chi connectivity index (χ2v) is 5.74. The van der Waals surface area contributed by atoms with E-state index in [9.17, 15) is 9.59 Å². The monoisotopic (exact) mass is 317 g/mol. The van der Waals surface area contributed by atoms with Crippen LogP contribution in [0.25, 0.3) is 0 Å². The zero-order chi connectivity index (χ0) is 15.0. The molecule has 1 aromatic rings. The molecule has 1 amide bonds. The molecule has 0 saturated carbocycles. The van der Waals surface area contributed by atoms with E-state index >= 15 is 0 Å². The molecule has 0 atom stereocenters. The predicted molar refractivity (Wildman–Crippen MR) is 82.9 cm³/mol. The summed E-state index contributed by atoms with van der Waals surface area (Å²) >= 11 is 7.00. The number of esters is 1. The van der Waals surface area contributed by atoms with Gasteiger partial charge in [-0.25, -0.2) is 4.79 Å². The van der Waals surface area contributed by atoms with Crippen LogP contribution in [0, 0.1) is 0 Å². The summed E-state index contributed by atoms with van der Waals surface area (Å²) in [5, 5.41) is 3.38. The van der Waals surface area contributed by atoms with Crippen LogP contribution < -0.4 is 5.32 Å². The Kier molecular flexibility index (Phi) is 7.62. The van der Waals surface area contributed by atoms with E-state index in [1.54, 1.807) is 13.0 Å². The number of amides is 1. The summed E-state index contributed by atoms with van der Waals surface area (Å²) in [5.74, 6) is 0.0741. The molecule has 0 aromatic carbocycles.